The third-order valence-corrected chi connectivity index (χ3v) is 3.86. The maximum absolute atomic E-state index is 11.7. The van der Waals surface area contributed by atoms with E-state index in [-0.39, 0.29) is 5.91 Å². The van der Waals surface area contributed by atoms with Crippen molar-refractivity contribution in [2.24, 2.45) is 0 Å². The molecule has 1 aliphatic heterocycles. The maximum atomic E-state index is 11.7. The van der Waals surface area contributed by atoms with Crippen molar-refractivity contribution in [3.63, 3.8) is 0 Å². The van der Waals surface area contributed by atoms with Gasteiger partial charge in [0, 0.05) is 30.7 Å². The molecule has 1 heterocycles. The number of amides is 1. The molecule has 0 radical (unpaired) electrons. The van der Waals surface area contributed by atoms with E-state index < -0.39 is 6.10 Å². The van der Waals surface area contributed by atoms with E-state index in [1.165, 1.54) is 6.92 Å². The van der Waals surface area contributed by atoms with Gasteiger partial charge in [0.15, 0.2) is 0 Å². The van der Waals surface area contributed by atoms with Crippen molar-refractivity contribution in [2.45, 2.75) is 13.0 Å². The van der Waals surface area contributed by atoms with Gasteiger partial charge in [0.25, 0.3) is 5.91 Å². The smallest absolute Gasteiger partial charge is 0.251 e. The molecule has 6 heteroatoms. The van der Waals surface area contributed by atoms with Crippen molar-refractivity contribution < 1.29 is 9.90 Å². The molecule has 0 aliphatic carbocycles. The highest BCUT2D eigenvalue weighted by Gasteiger charge is 2.24. The largest absolute Gasteiger partial charge is 0.384 e. The van der Waals surface area contributed by atoms with Crippen LogP contribution in [0, 0.1) is 11.3 Å². The molecule has 1 aromatic rings. The summed E-state index contributed by atoms with van der Waals surface area (Å²) in [6.45, 7) is 3.93. The number of piperazine rings is 1. The minimum Gasteiger partial charge on any atom is -0.384 e. The summed E-state index contributed by atoms with van der Waals surface area (Å²) in [7, 11) is 0. The number of hydrogen-bond donors (Lipinski definition) is 1. The maximum Gasteiger partial charge on any atom is 0.251 e. The SMILES string of the molecule is CC(O)C(=O)N1CCN(c2ccc(Br)cc2C#N)CC1. The average Bonchev–Trinajstić information content (AvgIpc) is 2.46. The van der Waals surface area contributed by atoms with Crippen LogP contribution in [-0.2, 0) is 4.79 Å². The molecule has 0 saturated carbocycles. The van der Waals surface area contributed by atoms with Crippen LogP contribution in [0.25, 0.3) is 0 Å². The monoisotopic (exact) mass is 337 g/mol. The summed E-state index contributed by atoms with van der Waals surface area (Å²) in [4.78, 5) is 15.5. The summed E-state index contributed by atoms with van der Waals surface area (Å²) in [5, 5.41) is 18.5. The van der Waals surface area contributed by atoms with Crippen LogP contribution >= 0.6 is 15.9 Å². The molecule has 1 N–H and O–H groups in total. The van der Waals surface area contributed by atoms with Crippen LogP contribution in [0.5, 0.6) is 0 Å². The Bertz CT molecular complexity index is 546. The number of rotatable bonds is 2. The summed E-state index contributed by atoms with van der Waals surface area (Å²) in [6, 6.07) is 7.81. The van der Waals surface area contributed by atoms with Gasteiger partial charge in [-0.2, -0.15) is 5.26 Å². The number of aliphatic hydroxyl groups excluding tert-OH is 1. The van der Waals surface area contributed by atoms with E-state index in [0.717, 1.165) is 10.2 Å². The van der Waals surface area contributed by atoms with Gasteiger partial charge in [0.1, 0.15) is 12.2 Å². The fourth-order valence-corrected chi connectivity index (χ4v) is 2.67. The highest BCUT2D eigenvalue weighted by atomic mass is 79.9. The third-order valence-electron chi connectivity index (χ3n) is 3.37. The molecule has 1 unspecified atom stereocenters. The molecule has 2 rings (SSSR count). The van der Waals surface area contributed by atoms with Crippen LogP contribution in [0.3, 0.4) is 0 Å². The van der Waals surface area contributed by atoms with Crippen LogP contribution in [0.2, 0.25) is 0 Å². The average molecular weight is 338 g/mol. The van der Waals surface area contributed by atoms with E-state index in [4.69, 9.17) is 0 Å². The second-order valence-electron chi connectivity index (χ2n) is 4.76. The Morgan fingerprint density at radius 3 is 2.60 bits per heavy atom. The number of halogens is 1. The second-order valence-corrected chi connectivity index (χ2v) is 5.68. The van der Waals surface area contributed by atoms with Crippen LogP contribution in [0.1, 0.15) is 12.5 Å². The number of carbonyl (C=O) groups is 1. The predicted octanol–water partition coefficient (Wildman–Crippen LogP) is 1.35. The highest BCUT2D eigenvalue weighted by Crippen LogP contribution is 2.25. The van der Waals surface area contributed by atoms with E-state index in [9.17, 15) is 15.2 Å². The van der Waals surface area contributed by atoms with Crippen LogP contribution in [0.4, 0.5) is 5.69 Å². The van der Waals surface area contributed by atoms with Crippen molar-refractivity contribution in [3.8, 4) is 6.07 Å². The molecule has 5 nitrogen and oxygen atoms in total. The molecule has 106 valence electrons. The molecular formula is C14H16BrN3O2. The van der Waals surface area contributed by atoms with E-state index in [1.807, 2.05) is 12.1 Å². The minimum atomic E-state index is -0.955. The van der Waals surface area contributed by atoms with E-state index in [0.29, 0.717) is 31.7 Å². The van der Waals surface area contributed by atoms with E-state index in [1.54, 1.807) is 11.0 Å². The van der Waals surface area contributed by atoms with Crippen LogP contribution < -0.4 is 4.90 Å². The summed E-state index contributed by atoms with van der Waals surface area (Å²) in [5.74, 6) is -0.235. The topological polar surface area (TPSA) is 67.6 Å². The number of aliphatic hydroxyl groups is 1. The molecule has 20 heavy (non-hydrogen) atoms. The van der Waals surface area contributed by atoms with E-state index >= 15 is 0 Å². The van der Waals surface area contributed by atoms with Gasteiger partial charge in [-0.3, -0.25) is 4.79 Å². The standard InChI is InChI=1S/C14H16BrN3O2/c1-10(19)14(20)18-6-4-17(5-7-18)13-3-2-12(15)8-11(13)9-16/h2-3,8,10,19H,4-7H2,1H3. The Balaban J connectivity index is 2.08. The van der Waals surface area contributed by atoms with Gasteiger partial charge in [0.05, 0.1) is 11.3 Å². The quantitative estimate of drug-likeness (QED) is 0.884. The zero-order chi connectivity index (χ0) is 14.7. The zero-order valence-corrected chi connectivity index (χ0v) is 12.8. The number of benzene rings is 1. The highest BCUT2D eigenvalue weighted by molar-refractivity contribution is 9.10. The Hall–Kier alpha value is -1.58. The molecule has 1 saturated heterocycles. The molecule has 1 amide bonds. The van der Waals surface area contributed by atoms with Gasteiger partial charge >= 0.3 is 0 Å². The Morgan fingerprint density at radius 2 is 2.05 bits per heavy atom. The summed E-state index contributed by atoms with van der Waals surface area (Å²) >= 11 is 3.36. The number of nitriles is 1. The lowest BCUT2D eigenvalue weighted by atomic mass is 10.1. The minimum absolute atomic E-state index is 0.235. The molecule has 1 fully saturated rings. The number of hydrogen-bond acceptors (Lipinski definition) is 4. The molecule has 0 bridgehead atoms. The number of nitrogens with zero attached hydrogens (tertiary/aromatic N) is 3. The van der Waals surface area contributed by atoms with Crippen LogP contribution in [0.15, 0.2) is 22.7 Å². The van der Waals surface area contributed by atoms with Gasteiger partial charge in [-0.25, -0.2) is 0 Å². The number of anilines is 1. The fraction of sp³-hybridized carbons (Fsp3) is 0.429. The lowest BCUT2D eigenvalue weighted by Crippen LogP contribution is -2.51. The van der Waals surface area contributed by atoms with Crippen molar-refractivity contribution in [3.05, 3.63) is 28.2 Å². The molecular weight excluding hydrogens is 322 g/mol. The van der Waals surface area contributed by atoms with Gasteiger partial charge in [0.2, 0.25) is 0 Å². The summed E-state index contributed by atoms with van der Waals surface area (Å²) in [5.41, 5.74) is 1.51. The van der Waals surface area contributed by atoms with Crippen LogP contribution in [-0.4, -0.2) is 48.2 Å². The molecule has 0 spiro atoms. The van der Waals surface area contributed by atoms with Gasteiger partial charge in [-0.1, -0.05) is 15.9 Å². The van der Waals surface area contributed by atoms with Gasteiger partial charge < -0.3 is 14.9 Å². The molecule has 1 aromatic carbocycles. The lowest BCUT2D eigenvalue weighted by Gasteiger charge is -2.37. The molecule has 1 aliphatic rings. The first-order chi connectivity index (χ1) is 9.52. The van der Waals surface area contributed by atoms with Gasteiger partial charge in [-0.15, -0.1) is 0 Å². The summed E-state index contributed by atoms with van der Waals surface area (Å²) < 4.78 is 0.876. The third kappa shape index (κ3) is 3.11. The second kappa shape index (κ2) is 6.25. The van der Waals surface area contributed by atoms with Crippen molar-refractivity contribution in [2.75, 3.05) is 31.1 Å². The lowest BCUT2D eigenvalue weighted by molar-refractivity contribution is -0.139. The zero-order valence-electron chi connectivity index (χ0n) is 11.2. The molecule has 1 atom stereocenters. The molecule has 0 aromatic heterocycles. The fourth-order valence-electron chi connectivity index (χ4n) is 2.31. The summed E-state index contributed by atoms with van der Waals surface area (Å²) in [6.07, 6.45) is -0.955. The predicted molar refractivity (Wildman–Crippen MR) is 79.3 cm³/mol. The normalized spacial score (nSPS) is 16.7. The van der Waals surface area contributed by atoms with E-state index in [2.05, 4.69) is 26.9 Å². The Kier molecular flexibility index (Phi) is 4.63. The first-order valence-corrected chi connectivity index (χ1v) is 7.23. The Morgan fingerprint density at radius 1 is 1.40 bits per heavy atom. The Labute approximate surface area is 126 Å². The van der Waals surface area contributed by atoms with Crippen molar-refractivity contribution >= 4 is 27.5 Å². The van der Waals surface area contributed by atoms with Crippen molar-refractivity contribution in [1.82, 2.24) is 4.90 Å². The first-order valence-electron chi connectivity index (χ1n) is 6.44. The van der Waals surface area contributed by atoms with Gasteiger partial charge in [-0.05, 0) is 25.1 Å². The first kappa shape index (κ1) is 14.8. The van der Waals surface area contributed by atoms with Crippen molar-refractivity contribution in [1.29, 1.82) is 5.26 Å². The number of carbonyl (C=O) groups excluding carboxylic acids is 1.